The van der Waals surface area contributed by atoms with E-state index in [0.717, 1.165) is 10.7 Å². The van der Waals surface area contributed by atoms with Gasteiger partial charge in [-0.1, -0.05) is 6.07 Å². The summed E-state index contributed by atoms with van der Waals surface area (Å²) in [6.07, 6.45) is 0. The Morgan fingerprint density at radius 1 is 1.47 bits per heavy atom. The van der Waals surface area contributed by atoms with Gasteiger partial charge in [-0.15, -0.1) is 11.3 Å². The number of nitrogens with one attached hydrogen (secondary N) is 2. The predicted octanol–water partition coefficient (Wildman–Crippen LogP) is 2.56. The first-order valence-corrected chi connectivity index (χ1v) is 6.65. The van der Waals surface area contributed by atoms with Crippen LogP contribution in [0.4, 0.5) is 10.1 Å². The highest BCUT2D eigenvalue weighted by molar-refractivity contribution is 7.09. The number of carbonyl (C=O) groups is 1. The molecule has 0 saturated heterocycles. The van der Waals surface area contributed by atoms with Crippen molar-refractivity contribution in [1.29, 1.82) is 0 Å². The molecule has 0 radical (unpaired) electrons. The molecule has 1 amide bonds. The number of anilines is 1. The van der Waals surface area contributed by atoms with E-state index in [0.29, 0.717) is 6.54 Å². The number of amides is 1. The molecule has 0 atom stereocenters. The topological polar surface area (TPSA) is 54.0 Å². The van der Waals surface area contributed by atoms with Gasteiger partial charge in [-0.3, -0.25) is 4.79 Å². The monoisotopic (exact) mass is 279 g/mol. The van der Waals surface area contributed by atoms with Crippen molar-refractivity contribution < 1.29 is 9.18 Å². The highest BCUT2D eigenvalue weighted by Gasteiger charge is 2.14. The Labute approximate surface area is 114 Å². The largest absolute Gasteiger partial charge is 0.385 e. The molecule has 0 aliphatic heterocycles. The summed E-state index contributed by atoms with van der Waals surface area (Å²) in [4.78, 5) is 16.3. The van der Waals surface area contributed by atoms with Gasteiger partial charge in [0.05, 0.1) is 28.5 Å². The van der Waals surface area contributed by atoms with Gasteiger partial charge in [0.1, 0.15) is 5.82 Å². The molecular formula is C13H14FN3OS. The van der Waals surface area contributed by atoms with E-state index < -0.39 is 5.82 Å². The summed E-state index contributed by atoms with van der Waals surface area (Å²) in [5, 5.41) is 8.27. The van der Waals surface area contributed by atoms with Crippen molar-refractivity contribution in [3.8, 4) is 0 Å². The molecule has 1 aromatic carbocycles. The van der Waals surface area contributed by atoms with Crippen molar-refractivity contribution in [1.82, 2.24) is 10.3 Å². The van der Waals surface area contributed by atoms with Gasteiger partial charge in [-0.2, -0.15) is 0 Å². The smallest absolute Gasteiger partial charge is 0.253 e. The van der Waals surface area contributed by atoms with Crippen LogP contribution in [0.15, 0.2) is 23.6 Å². The molecule has 6 heteroatoms. The zero-order chi connectivity index (χ0) is 13.8. The van der Waals surface area contributed by atoms with Crippen LogP contribution in [0.3, 0.4) is 0 Å². The molecule has 1 heterocycles. The van der Waals surface area contributed by atoms with Gasteiger partial charge in [-0.05, 0) is 19.1 Å². The van der Waals surface area contributed by atoms with Crippen LogP contribution in [-0.4, -0.2) is 17.9 Å². The highest BCUT2D eigenvalue weighted by atomic mass is 32.1. The normalized spacial score (nSPS) is 10.3. The van der Waals surface area contributed by atoms with Gasteiger partial charge < -0.3 is 10.6 Å². The molecule has 2 rings (SSSR count). The summed E-state index contributed by atoms with van der Waals surface area (Å²) in [7, 11) is 1.58. The maximum atomic E-state index is 13.5. The van der Waals surface area contributed by atoms with Gasteiger partial charge in [0.25, 0.3) is 5.91 Å². The summed E-state index contributed by atoms with van der Waals surface area (Å²) in [6.45, 7) is 2.24. The number of para-hydroxylation sites is 1. The molecular weight excluding hydrogens is 265 g/mol. The number of carbonyl (C=O) groups excluding carboxylic acids is 1. The Hall–Kier alpha value is -1.95. The molecule has 2 N–H and O–H groups in total. The minimum atomic E-state index is -0.445. The average molecular weight is 279 g/mol. The van der Waals surface area contributed by atoms with E-state index in [4.69, 9.17) is 0 Å². The third-order valence-corrected chi connectivity index (χ3v) is 3.43. The number of thiazole rings is 1. The van der Waals surface area contributed by atoms with Crippen LogP contribution in [0.2, 0.25) is 0 Å². The van der Waals surface area contributed by atoms with Crippen molar-refractivity contribution in [2.24, 2.45) is 0 Å². The lowest BCUT2D eigenvalue weighted by molar-refractivity contribution is 0.0951. The average Bonchev–Trinajstić information content (AvgIpc) is 2.81. The van der Waals surface area contributed by atoms with Crippen molar-refractivity contribution in [2.75, 3.05) is 12.4 Å². The molecule has 0 aliphatic carbocycles. The first kappa shape index (κ1) is 13.5. The van der Waals surface area contributed by atoms with Gasteiger partial charge in [-0.25, -0.2) is 9.37 Å². The zero-order valence-corrected chi connectivity index (χ0v) is 11.5. The molecule has 0 aliphatic rings. The van der Waals surface area contributed by atoms with E-state index in [9.17, 15) is 9.18 Å². The second-order valence-electron chi connectivity index (χ2n) is 3.95. The number of rotatable bonds is 4. The standard InChI is InChI=1S/C13H14FN3OS/c1-8-17-9(7-19-8)6-16-13(18)10-4-3-5-11(14)12(10)15-2/h3-5,7,15H,6H2,1-2H3,(H,16,18). The molecule has 19 heavy (non-hydrogen) atoms. The summed E-state index contributed by atoms with van der Waals surface area (Å²) in [5.74, 6) is -0.769. The first-order chi connectivity index (χ1) is 9.11. The summed E-state index contributed by atoms with van der Waals surface area (Å²) < 4.78 is 13.5. The van der Waals surface area contributed by atoms with Gasteiger partial charge in [0, 0.05) is 12.4 Å². The number of halogens is 1. The van der Waals surface area contributed by atoms with Crippen LogP contribution >= 0.6 is 11.3 Å². The molecule has 100 valence electrons. The minimum Gasteiger partial charge on any atom is -0.385 e. The first-order valence-electron chi connectivity index (χ1n) is 5.77. The summed E-state index contributed by atoms with van der Waals surface area (Å²) in [5.41, 5.74) is 1.29. The fraction of sp³-hybridized carbons (Fsp3) is 0.231. The lowest BCUT2D eigenvalue weighted by atomic mass is 10.1. The predicted molar refractivity (Wildman–Crippen MR) is 74.0 cm³/mol. The number of benzene rings is 1. The number of hydrogen-bond donors (Lipinski definition) is 2. The molecule has 0 unspecified atom stereocenters. The lowest BCUT2D eigenvalue weighted by Gasteiger charge is -2.09. The van der Waals surface area contributed by atoms with Crippen LogP contribution in [0.1, 0.15) is 21.1 Å². The molecule has 4 nitrogen and oxygen atoms in total. The van der Waals surface area contributed by atoms with Gasteiger partial charge in [0.15, 0.2) is 0 Å². The van der Waals surface area contributed by atoms with Crippen molar-refractivity contribution in [2.45, 2.75) is 13.5 Å². The number of hydrogen-bond acceptors (Lipinski definition) is 4. The maximum absolute atomic E-state index is 13.5. The van der Waals surface area contributed by atoms with Crippen LogP contribution in [0.5, 0.6) is 0 Å². The number of aryl methyl sites for hydroxylation is 1. The van der Waals surface area contributed by atoms with E-state index >= 15 is 0 Å². The lowest BCUT2D eigenvalue weighted by Crippen LogP contribution is -2.24. The van der Waals surface area contributed by atoms with E-state index in [-0.39, 0.29) is 17.2 Å². The SMILES string of the molecule is CNc1c(F)cccc1C(=O)NCc1csc(C)n1. The molecule has 1 aromatic heterocycles. The van der Waals surface area contributed by atoms with Gasteiger partial charge >= 0.3 is 0 Å². The van der Waals surface area contributed by atoms with Gasteiger partial charge in [0.2, 0.25) is 0 Å². The van der Waals surface area contributed by atoms with Crippen molar-refractivity contribution in [3.05, 3.63) is 45.7 Å². The molecule has 0 bridgehead atoms. The number of nitrogens with zero attached hydrogens (tertiary/aromatic N) is 1. The molecule has 0 fully saturated rings. The molecule has 0 saturated carbocycles. The van der Waals surface area contributed by atoms with E-state index in [1.54, 1.807) is 13.1 Å². The fourth-order valence-corrected chi connectivity index (χ4v) is 2.34. The summed E-state index contributed by atoms with van der Waals surface area (Å²) >= 11 is 1.53. The third-order valence-electron chi connectivity index (χ3n) is 2.60. The second-order valence-corrected chi connectivity index (χ2v) is 5.02. The highest BCUT2D eigenvalue weighted by Crippen LogP contribution is 2.19. The minimum absolute atomic E-state index is 0.203. The Balaban J connectivity index is 2.10. The Morgan fingerprint density at radius 2 is 2.26 bits per heavy atom. The van der Waals surface area contributed by atoms with Crippen LogP contribution in [0, 0.1) is 12.7 Å². The Morgan fingerprint density at radius 3 is 2.89 bits per heavy atom. The van der Waals surface area contributed by atoms with Crippen LogP contribution in [0.25, 0.3) is 0 Å². The zero-order valence-electron chi connectivity index (χ0n) is 10.7. The van der Waals surface area contributed by atoms with Crippen LogP contribution < -0.4 is 10.6 Å². The fourth-order valence-electron chi connectivity index (χ4n) is 1.72. The maximum Gasteiger partial charge on any atom is 0.253 e. The van der Waals surface area contributed by atoms with Crippen molar-refractivity contribution in [3.63, 3.8) is 0 Å². The Kier molecular flexibility index (Phi) is 4.11. The van der Waals surface area contributed by atoms with Crippen LogP contribution in [-0.2, 0) is 6.54 Å². The van der Waals surface area contributed by atoms with E-state index in [2.05, 4.69) is 15.6 Å². The number of aromatic nitrogens is 1. The van der Waals surface area contributed by atoms with Crippen molar-refractivity contribution >= 4 is 22.9 Å². The second kappa shape index (κ2) is 5.79. The van der Waals surface area contributed by atoms with E-state index in [1.807, 2.05) is 12.3 Å². The summed E-state index contributed by atoms with van der Waals surface area (Å²) in [6, 6.07) is 4.40. The third kappa shape index (κ3) is 3.08. The quantitative estimate of drug-likeness (QED) is 0.904. The molecule has 0 spiro atoms. The van der Waals surface area contributed by atoms with E-state index in [1.165, 1.54) is 23.5 Å². The Bertz CT molecular complexity index is 597. The molecule has 2 aromatic rings.